The number of sulfonamides is 1. The van der Waals surface area contributed by atoms with Gasteiger partial charge in [-0.2, -0.15) is 0 Å². The summed E-state index contributed by atoms with van der Waals surface area (Å²) in [6.07, 6.45) is -0.966. The van der Waals surface area contributed by atoms with Crippen LogP contribution in [-0.4, -0.2) is 51.0 Å². The molecule has 0 spiro atoms. The second kappa shape index (κ2) is 7.14. The molecule has 9 heteroatoms. The van der Waals surface area contributed by atoms with Crippen LogP contribution in [0.3, 0.4) is 0 Å². The van der Waals surface area contributed by atoms with Gasteiger partial charge in [0.05, 0.1) is 23.2 Å². The average molecular weight is 368 g/mol. The predicted octanol–water partition coefficient (Wildman–Crippen LogP) is 0.433. The van der Waals surface area contributed by atoms with E-state index in [0.717, 1.165) is 0 Å². The zero-order chi connectivity index (χ0) is 15.3. The van der Waals surface area contributed by atoms with Crippen molar-refractivity contribution in [1.29, 1.82) is 0 Å². The molecule has 3 N–H and O–H groups in total. The fourth-order valence-corrected chi connectivity index (χ4v) is 3.54. The molecule has 0 fully saturated rings. The molecule has 1 rings (SSSR count). The number of aliphatic hydroxyl groups excluding tert-OH is 1. The second-order valence-electron chi connectivity index (χ2n) is 3.91. The van der Waals surface area contributed by atoms with Crippen molar-refractivity contribution in [3.8, 4) is 0 Å². The van der Waals surface area contributed by atoms with Crippen LogP contribution in [0.2, 0.25) is 0 Å². The van der Waals surface area contributed by atoms with Crippen LogP contribution in [0.15, 0.2) is 27.6 Å². The molecular weight excluding hydrogens is 354 g/mol. The molecule has 7 nitrogen and oxygen atoms in total. The molecule has 1 unspecified atom stereocenters. The van der Waals surface area contributed by atoms with Gasteiger partial charge in [-0.25, -0.2) is 17.9 Å². The van der Waals surface area contributed by atoms with Gasteiger partial charge in [0.25, 0.3) is 0 Å². The maximum atomic E-state index is 12.0. The number of carboxylic acid groups (broad SMARTS) is 1. The minimum absolute atomic E-state index is 0.00163. The highest BCUT2D eigenvalue weighted by molar-refractivity contribution is 9.10. The fraction of sp³-hybridized carbons (Fsp3) is 0.364. The molecule has 112 valence electrons. The third-order valence-corrected chi connectivity index (χ3v) is 4.74. The van der Waals surface area contributed by atoms with Crippen LogP contribution in [-0.2, 0) is 14.8 Å². The summed E-state index contributed by atoms with van der Waals surface area (Å²) in [5.74, 6) is -1.15. The Bertz CT molecular complexity index is 589. The molecule has 20 heavy (non-hydrogen) atoms. The van der Waals surface area contributed by atoms with E-state index in [0.29, 0.717) is 0 Å². The van der Waals surface area contributed by atoms with Crippen molar-refractivity contribution in [3.63, 3.8) is 0 Å². The Hall–Kier alpha value is -1.00. The average Bonchev–Trinajstić information content (AvgIpc) is 2.36. The van der Waals surface area contributed by atoms with Crippen molar-refractivity contribution in [2.24, 2.45) is 0 Å². The summed E-state index contributed by atoms with van der Waals surface area (Å²) in [6, 6.07) is 3.56. The van der Waals surface area contributed by atoms with Crippen molar-refractivity contribution in [2.45, 2.75) is 11.0 Å². The van der Waals surface area contributed by atoms with E-state index in [1.807, 2.05) is 0 Å². The summed E-state index contributed by atoms with van der Waals surface area (Å²) >= 11 is 3.02. The lowest BCUT2D eigenvalue weighted by atomic mass is 10.2. The number of rotatable bonds is 7. The van der Waals surface area contributed by atoms with Gasteiger partial charge in [-0.15, -0.1) is 0 Å². The number of aliphatic hydroxyl groups is 1. The molecule has 1 aromatic rings. The number of carboxylic acids is 1. The van der Waals surface area contributed by atoms with E-state index >= 15 is 0 Å². The third kappa shape index (κ3) is 4.53. The van der Waals surface area contributed by atoms with Gasteiger partial charge in [-0.05, 0) is 34.1 Å². The lowest BCUT2D eigenvalue weighted by Gasteiger charge is -2.12. The van der Waals surface area contributed by atoms with Gasteiger partial charge >= 0.3 is 5.97 Å². The first-order valence-corrected chi connectivity index (χ1v) is 7.75. The number of hydrogen-bond donors (Lipinski definition) is 3. The summed E-state index contributed by atoms with van der Waals surface area (Å²) in [5.41, 5.74) is -0.0322. The first-order chi connectivity index (χ1) is 9.27. The van der Waals surface area contributed by atoms with Crippen LogP contribution in [0.4, 0.5) is 0 Å². The molecule has 0 radical (unpaired) electrons. The van der Waals surface area contributed by atoms with E-state index in [-0.39, 0.29) is 28.1 Å². The van der Waals surface area contributed by atoms with Gasteiger partial charge in [-0.3, -0.25) is 0 Å². The van der Waals surface area contributed by atoms with E-state index in [4.69, 9.17) is 5.11 Å². The molecule has 0 aliphatic carbocycles. The van der Waals surface area contributed by atoms with E-state index in [9.17, 15) is 18.3 Å². The zero-order valence-corrected chi connectivity index (χ0v) is 12.9. The highest BCUT2D eigenvalue weighted by Gasteiger charge is 2.20. The Balaban J connectivity index is 2.90. The van der Waals surface area contributed by atoms with Gasteiger partial charge in [-0.1, -0.05) is 0 Å². The summed E-state index contributed by atoms with van der Waals surface area (Å²) in [5, 5.41) is 18.2. The smallest absolute Gasteiger partial charge is 0.335 e. The molecule has 1 atom stereocenters. The minimum atomic E-state index is -3.85. The quantitative estimate of drug-likeness (QED) is 0.644. The topological polar surface area (TPSA) is 113 Å². The Morgan fingerprint density at radius 1 is 1.50 bits per heavy atom. The molecule has 0 aromatic heterocycles. The normalized spacial score (nSPS) is 13.2. The second-order valence-corrected chi connectivity index (χ2v) is 6.50. The maximum Gasteiger partial charge on any atom is 0.335 e. The SMILES string of the molecule is COCC(O)CNS(=O)(=O)c1ccc(C(=O)O)cc1Br. The summed E-state index contributed by atoms with van der Waals surface area (Å²) in [4.78, 5) is 10.7. The lowest BCUT2D eigenvalue weighted by molar-refractivity contribution is 0.0679. The third-order valence-electron chi connectivity index (χ3n) is 2.34. The Kier molecular flexibility index (Phi) is 6.08. The minimum Gasteiger partial charge on any atom is -0.478 e. The van der Waals surface area contributed by atoms with Gasteiger partial charge in [0.1, 0.15) is 0 Å². The van der Waals surface area contributed by atoms with Gasteiger partial charge in [0.15, 0.2) is 0 Å². The Morgan fingerprint density at radius 3 is 2.65 bits per heavy atom. The van der Waals surface area contributed by atoms with Crippen molar-refractivity contribution >= 4 is 31.9 Å². The number of aromatic carboxylic acids is 1. The van der Waals surface area contributed by atoms with Gasteiger partial charge < -0.3 is 14.9 Å². The molecule has 0 aliphatic rings. The van der Waals surface area contributed by atoms with Crippen LogP contribution in [0.5, 0.6) is 0 Å². The number of ether oxygens (including phenoxy) is 1. The van der Waals surface area contributed by atoms with Crippen molar-refractivity contribution in [3.05, 3.63) is 28.2 Å². The Labute approximate surface area is 124 Å². The number of nitrogens with one attached hydrogen (secondary N) is 1. The fourth-order valence-electron chi connectivity index (χ4n) is 1.39. The number of methoxy groups -OCH3 is 1. The number of carbonyl (C=O) groups is 1. The first-order valence-electron chi connectivity index (χ1n) is 5.47. The molecule has 0 aliphatic heterocycles. The molecule has 0 bridgehead atoms. The van der Waals surface area contributed by atoms with E-state index < -0.39 is 22.1 Å². The van der Waals surface area contributed by atoms with Crippen molar-refractivity contribution < 1.29 is 28.2 Å². The lowest BCUT2D eigenvalue weighted by Crippen LogP contribution is -2.34. The molecule has 0 amide bonds. The van der Waals surface area contributed by atoms with Crippen LogP contribution in [0.25, 0.3) is 0 Å². The first kappa shape index (κ1) is 17.1. The van der Waals surface area contributed by atoms with Crippen LogP contribution >= 0.6 is 15.9 Å². The highest BCUT2D eigenvalue weighted by atomic mass is 79.9. The van der Waals surface area contributed by atoms with Crippen LogP contribution < -0.4 is 4.72 Å². The zero-order valence-electron chi connectivity index (χ0n) is 10.5. The largest absolute Gasteiger partial charge is 0.478 e. The number of hydrogen-bond acceptors (Lipinski definition) is 5. The van der Waals surface area contributed by atoms with E-state index in [1.165, 1.54) is 25.3 Å². The van der Waals surface area contributed by atoms with Crippen molar-refractivity contribution in [2.75, 3.05) is 20.3 Å². The van der Waals surface area contributed by atoms with E-state index in [1.54, 1.807) is 0 Å². The molecule has 0 saturated heterocycles. The molecule has 0 saturated carbocycles. The summed E-state index contributed by atoms with van der Waals surface area (Å²) < 4.78 is 31.0. The summed E-state index contributed by atoms with van der Waals surface area (Å²) in [6.45, 7) is -0.203. The van der Waals surface area contributed by atoms with E-state index in [2.05, 4.69) is 25.4 Å². The molecular formula is C11H14BrNO6S. The predicted molar refractivity (Wildman–Crippen MR) is 74.2 cm³/mol. The molecule has 1 aromatic carbocycles. The van der Waals surface area contributed by atoms with Crippen molar-refractivity contribution in [1.82, 2.24) is 4.72 Å². The summed E-state index contributed by atoms with van der Waals surface area (Å²) in [7, 11) is -2.46. The monoisotopic (exact) mass is 367 g/mol. The van der Waals surface area contributed by atoms with Gasteiger partial charge in [0, 0.05) is 18.1 Å². The number of halogens is 1. The van der Waals surface area contributed by atoms with Gasteiger partial charge in [0.2, 0.25) is 10.0 Å². The maximum absolute atomic E-state index is 12.0. The number of benzene rings is 1. The standard InChI is InChI=1S/C11H14BrNO6S/c1-19-6-8(14)5-13-20(17,18)10-3-2-7(11(15)16)4-9(10)12/h2-4,8,13-14H,5-6H2,1H3,(H,15,16). The Morgan fingerprint density at radius 2 is 2.15 bits per heavy atom. The van der Waals surface area contributed by atoms with Crippen LogP contribution in [0.1, 0.15) is 10.4 Å². The molecule has 0 heterocycles. The highest BCUT2D eigenvalue weighted by Crippen LogP contribution is 2.23. The van der Waals surface area contributed by atoms with Crippen LogP contribution in [0, 0.1) is 0 Å².